The molecule has 1 saturated carbocycles. The minimum absolute atomic E-state index is 0.0776. The van der Waals surface area contributed by atoms with Crippen molar-refractivity contribution >= 4 is 10.0 Å². The third-order valence-corrected chi connectivity index (χ3v) is 5.17. The van der Waals surface area contributed by atoms with Gasteiger partial charge in [0.1, 0.15) is 0 Å². The van der Waals surface area contributed by atoms with Gasteiger partial charge >= 0.3 is 0 Å². The predicted molar refractivity (Wildman–Crippen MR) is 78.6 cm³/mol. The van der Waals surface area contributed by atoms with Crippen LogP contribution in [0, 0.1) is 11.8 Å². The highest BCUT2D eigenvalue weighted by Crippen LogP contribution is 2.31. The second kappa shape index (κ2) is 8.22. The van der Waals surface area contributed by atoms with Crippen molar-refractivity contribution in [3.63, 3.8) is 0 Å². The van der Waals surface area contributed by atoms with Gasteiger partial charge in [0.15, 0.2) is 0 Å². The molecule has 4 nitrogen and oxygen atoms in total. The molecule has 1 aliphatic rings. The third-order valence-electron chi connectivity index (χ3n) is 3.81. The first-order valence-electron chi connectivity index (χ1n) is 7.52. The van der Waals surface area contributed by atoms with Crippen LogP contribution in [0.3, 0.4) is 0 Å². The Bertz CT molecular complexity index is 341. The van der Waals surface area contributed by atoms with Crippen molar-refractivity contribution in [3.8, 4) is 0 Å². The molecule has 0 aromatic rings. The Hall–Kier alpha value is -0.130. The highest BCUT2D eigenvalue weighted by molar-refractivity contribution is 7.89. The number of rotatable bonds is 9. The van der Waals surface area contributed by atoms with Crippen molar-refractivity contribution in [2.75, 3.05) is 19.0 Å². The van der Waals surface area contributed by atoms with Crippen LogP contribution in [-0.2, 0) is 14.8 Å². The number of nitrogens with one attached hydrogen (secondary N) is 1. The quantitative estimate of drug-likeness (QED) is 0.664. The van der Waals surface area contributed by atoms with Gasteiger partial charge < -0.3 is 4.74 Å². The number of hydrogen-bond donors (Lipinski definition) is 1. The fourth-order valence-corrected chi connectivity index (χ4v) is 3.91. The third kappa shape index (κ3) is 6.72. The normalized spacial score (nSPS) is 24.2. The van der Waals surface area contributed by atoms with Gasteiger partial charge in [0.2, 0.25) is 10.0 Å². The van der Waals surface area contributed by atoms with E-state index in [4.69, 9.17) is 4.74 Å². The lowest BCUT2D eigenvalue weighted by Gasteiger charge is -2.21. The molecule has 0 unspecified atom stereocenters. The van der Waals surface area contributed by atoms with Crippen molar-refractivity contribution in [2.45, 2.75) is 58.9 Å². The van der Waals surface area contributed by atoms with E-state index in [1.807, 2.05) is 6.92 Å². The van der Waals surface area contributed by atoms with E-state index in [0.717, 1.165) is 25.7 Å². The summed E-state index contributed by atoms with van der Waals surface area (Å²) in [6.07, 6.45) is 5.60. The first-order chi connectivity index (χ1) is 8.94. The molecule has 0 heterocycles. The molecule has 1 fully saturated rings. The molecule has 0 aromatic carbocycles. The number of hydrogen-bond acceptors (Lipinski definition) is 3. The van der Waals surface area contributed by atoms with Gasteiger partial charge in [-0.2, -0.15) is 0 Å². The lowest BCUT2D eigenvalue weighted by Crippen LogP contribution is -2.39. The maximum absolute atomic E-state index is 12.0. The lowest BCUT2D eigenvalue weighted by atomic mass is 9.94. The van der Waals surface area contributed by atoms with Crippen LogP contribution in [0.25, 0.3) is 0 Å². The molecular weight excluding hydrogens is 262 g/mol. The molecule has 0 radical (unpaired) electrons. The van der Waals surface area contributed by atoms with Gasteiger partial charge in [0.05, 0.1) is 12.4 Å². The molecule has 5 heteroatoms. The van der Waals surface area contributed by atoms with E-state index < -0.39 is 10.0 Å². The summed E-state index contributed by atoms with van der Waals surface area (Å²) in [6.45, 7) is 7.16. The van der Waals surface area contributed by atoms with Crippen LogP contribution in [-0.4, -0.2) is 33.4 Å². The summed E-state index contributed by atoms with van der Waals surface area (Å²) in [6, 6.07) is 0.144. The van der Waals surface area contributed by atoms with Crippen LogP contribution >= 0.6 is 0 Å². The Kier molecular flexibility index (Phi) is 7.32. The minimum Gasteiger partial charge on any atom is -0.381 e. The van der Waals surface area contributed by atoms with Crippen LogP contribution in [0.1, 0.15) is 52.9 Å². The van der Waals surface area contributed by atoms with Crippen molar-refractivity contribution in [1.82, 2.24) is 4.72 Å². The second-order valence-electron chi connectivity index (χ2n) is 5.90. The molecule has 0 amide bonds. The van der Waals surface area contributed by atoms with Crippen LogP contribution < -0.4 is 4.72 Å². The highest BCUT2D eigenvalue weighted by atomic mass is 32.2. The van der Waals surface area contributed by atoms with E-state index in [1.54, 1.807) is 0 Å². The molecule has 0 spiro atoms. The predicted octanol–water partition coefficient (Wildman–Crippen LogP) is 2.55. The Labute approximate surface area is 118 Å². The van der Waals surface area contributed by atoms with Crippen LogP contribution in [0.2, 0.25) is 0 Å². The summed E-state index contributed by atoms with van der Waals surface area (Å²) in [4.78, 5) is 0. The van der Waals surface area contributed by atoms with Gasteiger partial charge in [-0.3, -0.25) is 0 Å². The molecule has 1 N–H and O–H groups in total. The smallest absolute Gasteiger partial charge is 0.214 e. The van der Waals surface area contributed by atoms with Gasteiger partial charge in [-0.15, -0.1) is 0 Å². The van der Waals surface area contributed by atoms with Crippen LogP contribution in [0.4, 0.5) is 0 Å². The monoisotopic (exact) mass is 291 g/mol. The Morgan fingerprint density at radius 1 is 1.32 bits per heavy atom. The van der Waals surface area contributed by atoms with Gasteiger partial charge in [-0.25, -0.2) is 13.1 Å². The maximum atomic E-state index is 12.0. The molecular formula is C14H29NO3S. The molecule has 0 bridgehead atoms. The van der Waals surface area contributed by atoms with E-state index in [9.17, 15) is 8.42 Å². The highest BCUT2D eigenvalue weighted by Gasteiger charge is 2.30. The molecule has 19 heavy (non-hydrogen) atoms. The molecule has 0 saturated heterocycles. The average molecular weight is 291 g/mol. The zero-order chi connectivity index (χ0) is 14.3. The van der Waals surface area contributed by atoms with Gasteiger partial charge in [0, 0.05) is 12.6 Å². The largest absolute Gasteiger partial charge is 0.381 e. The van der Waals surface area contributed by atoms with Crippen molar-refractivity contribution in [2.24, 2.45) is 11.8 Å². The summed E-state index contributed by atoms with van der Waals surface area (Å²) in [5, 5.41) is 0. The van der Waals surface area contributed by atoms with Gasteiger partial charge in [-0.1, -0.05) is 26.7 Å². The molecule has 114 valence electrons. The topological polar surface area (TPSA) is 55.4 Å². The summed E-state index contributed by atoms with van der Waals surface area (Å²) < 4.78 is 31.9. The first-order valence-corrected chi connectivity index (χ1v) is 9.17. The molecule has 1 aliphatic carbocycles. The van der Waals surface area contributed by atoms with Crippen molar-refractivity contribution in [3.05, 3.63) is 0 Å². The van der Waals surface area contributed by atoms with E-state index in [1.165, 1.54) is 6.42 Å². The van der Waals surface area contributed by atoms with Crippen molar-refractivity contribution in [1.29, 1.82) is 0 Å². The van der Waals surface area contributed by atoms with E-state index in [-0.39, 0.29) is 18.4 Å². The Balaban J connectivity index is 2.40. The van der Waals surface area contributed by atoms with E-state index >= 15 is 0 Å². The summed E-state index contributed by atoms with van der Waals surface area (Å²) in [5.41, 5.74) is 0. The fourth-order valence-electron chi connectivity index (χ4n) is 2.69. The van der Waals surface area contributed by atoms with E-state index in [2.05, 4.69) is 18.6 Å². The molecule has 0 aliphatic heterocycles. The first kappa shape index (κ1) is 16.9. The van der Waals surface area contributed by atoms with Gasteiger partial charge in [-0.05, 0) is 38.0 Å². The molecule has 1 rings (SSSR count). The molecule has 0 aromatic heterocycles. The lowest BCUT2D eigenvalue weighted by molar-refractivity contribution is 0.163. The van der Waals surface area contributed by atoms with Crippen LogP contribution in [0.15, 0.2) is 0 Å². The Morgan fingerprint density at radius 2 is 2.05 bits per heavy atom. The Morgan fingerprint density at radius 3 is 2.68 bits per heavy atom. The minimum atomic E-state index is -3.18. The van der Waals surface area contributed by atoms with Crippen LogP contribution in [0.5, 0.6) is 0 Å². The standard InChI is InChI=1S/C14H29NO3S/c1-4-18-10-11-19(16,17)15-14-7-5-6-13(14)9-8-12(2)3/h12-15H,4-11H2,1-3H3/t13-,14+/m0/s1. The number of sulfonamides is 1. The van der Waals surface area contributed by atoms with E-state index in [0.29, 0.717) is 18.4 Å². The summed E-state index contributed by atoms with van der Waals surface area (Å²) >= 11 is 0. The fraction of sp³-hybridized carbons (Fsp3) is 1.00. The zero-order valence-electron chi connectivity index (χ0n) is 12.5. The second-order valence-corrected chi connectivity index (χ2v) is 7.78. The SMILES string of the molecule is CCOCCS(=O)(=O)N[C@@H]1CCC[C@H]1CCC(C)C. The zero-order valence-corrected chi connectivity index (χ0v) is 13.3. The number of ether oxygens (including phenoxy) is 1. The van der Waals surface area contributed by atoms with Crippen molar-refractivity contribution < 1.29 is 13.2 Å². The van der Waals surface area contributed by atoms with Gasteiger partial charge in [0.25, 0.3) is 0 Å². The maximum Gasteiger partial charge on any atom is 0.214 e. The summed E-state index contributed by atoms with van der Waals surface area (Å²) in [7, 11) is -3.18. The average Bonchev–Trinajstić information content (AvgIpc) is 2.73. The molecule has 2 atom stereocenters. The summed E-state index contributed by atoms with van der Waals surface area (Å²) in [5.74, 6) is 1.29.